The summed E-state index contributed by atoms with van der Waals surface area (Å²) in [4.78, 5) is 12.3. The zero-order chi connectivity index (χ0) is 13.9. The highest BCUT2D eigenvalue weighted by Gasteiger charge is 2.23. The standard InChI is InChI=1S/C18H16O2/c1-2-20-16-8-5-6-13(11-16)10-15-12-14-7-3-4-9-17(14)18(15)19/h3-11H,2,12H2,1H3/b15-10+. The lowest BCUT2D eigenvalue weighted by Gasteiger charge is -2.03. The number of carbonyl (C=O) groups is 1. The lowest BCUT2D eigenvalue weighted by atomic mass is 10.1. The molecule has 3 rings (SSSR count). The lowest BCUT2D eigenvalue weighted by molar-refractivity contribution is 0.104. The van der Waals surface area contributed by atoms with E-state index in [1.54, 1.807) is 0 Å². The highest BCUT2D eigenvalue weighted by atomic mass is 16.5. The highest BCUT2D eigenvalue weighted by molar-refractivity contribution is 6.15. The molecule has 0 radical (unpaired) electrons. The third-order valence-corrected chi connectivity index (χ3v) is 3.44. The van der Waals surface area contributed by atoms with Crippen LogP contribution in [0.2, 0.25) is 0 Å². The maximum Gasteiger partial charge on any atom is 0.189 e. The monoisotopic (exact) mass is 264 g/mol. The highest BCUT2D eigenvalue weighted by Crippen LogP contribution is 2.28. The number of hydrogen-bond acceptors (Lipinski definition) is 2. The minimum absolute atomic E-state index is 0.141. The number of hydrogen-bond donors (Lipinski definition) is 0. The Bertz CT molecular complexity index is 683. The van der Waals surface area contributed by atoms with Crippen LogP contribution in [0, 0.1) is 0 Å². The number of fused-ring (bicyclic) bond motifs is 1. The molecule has 0 spiro atoms. The van der Waals surface area contributed by atoms with Crippen molar-refractivity contribution in [2.24, 2.45) is 0 Å². The Labute approximate surface area is 118 Å². The first kappa shape index (κ1) is 12.7. The molecule has 20 heavy (non-hydrogen) atoms. The van der Waals surface area contributed by atoms with Crippen LogP contribution in [0.3, 0.4) is 0 Å². The summed E-state index contributed by atoms with van der Waals surface area (Å²) in [6.07, 6.45) is 2.68. The third kappa shape index (κ3) is 2.37. The van der Waals surface area contributed by atoms with Gasteiger partial charge in [0.05, 0.1) is 6.61 Å². The number of allylic oxidation sites excluding steroid dienone is 1. The number of Topliss-reactive ketones (excluding diaryl/α,β-unsaturated/α-hetero) is 1. The molecule has 2 aromatic rings. The molecule has 0 atom stereocenters. The van der Waals surface area contributed by atoms with E-state index in [0.29, 0.717) is 13.0 Å². The molecule has 0 heterocycles. The number of rotatable bonds is 3. The summed E-state index contributed by atoms with van der Waals surface area (Å²) in [5.74, 6) is 0.979. The fourth-order valence-electron chi connectivity index (χ4n) is 2.53. The van der Waals surface area contributed by atoms with E-state index in [4.69, 9.17) is 4.74 Å². The van der Waals surface area contributed by atoms with Gasteiger partial charge in [0.1, 0.15) is 5.75 Å². The number of ketones is 1. The Morgan fingerprint density at radius 3 is 2.80 bits per heavy atom. The van der Waals surface area contributed by atoms with Crippen LogP contribution in [-0.2, 0) is 6.42 Å². The quantitative estimate of drug-likeness (QED) is 0.786. The van der Waals surface area contributed by atoms with Crippen LogP contribution in [0.1, 0.15) is 28.4 Å². The van der Waals surface area contributed by atoms with E-state index in [-0.39, 0.29) is 5.78 Å². The average Bonchev–Trinajstić information content (AvgIpc) is 2.77. The van der Waals surface area contributed by atoms with Crippen LogP contribution in [0.5, 0.6) is 5.75 Å². The first-order valence-corrected chi connectivity index (χ1v) is 6.84. The predicted molar refractivity (Wildman–Crippen MR) is 80.1 cm³/mol. The van der Waals surface area contributed by atoms with Crippen LogP contribution < -0.4 is 4.74 Å². The molecule has 2 heteroatoms. The normalized spacial score (nSPS) is 15.4. The molecule has 2 nitrogen and oxygen atoms in total. The van der Waals surface area contributed by atoms with Crippen LogP contribution in [0.15, 0.2) is 54.1 Å². The molecule has 2 aromatic carbocycles. The van der Waals surface area contributed by atoms with E-state index in [2.05, 4.69) is 0 Å². The van der Waals surface area contributed by atoms with Crippen molar-refractivity contribution in [1.29, 1.82) is 0 Å². The van der Waals surface area contributed by atoms with Gasteiger partial charge in [-0.25, -0.2) is 0 Å². The van der Waals surface area contributed by atoms with Crippen molar-refractivity contribution < 1.29 is 9.53 Å². The number of ether oxygens (including phenoxy) is 1. The van der Waals surface area contributed by atoms with E-state index in [0.717, 1.165) is 28.0 Å². The topological polar surface area (TPSA) is 26.3 Å². The fraction of sp³-hybridized carbons (Fsp3) is 0.167. The van der Waals surface area contributed by atoms with Crippen LogP contribution in [0.25, 0.3) is 6.08 Å². The van der Waals surface area contributed by atoms with Crippen LogP contribution in [0.4, 0.5) is 0 Å². The fourth-order valence-corrected chi connectivity index (χ4v) is 2.53. The molecule has 0 fully saturated rings. The Morgan fingerprint density at radius 2 is 2.00 bits per heavy atom. The van der Waals surface area contributed by atoms with Crippen molar-refractivity contribution in [2.45, 2.75) is 13.3 Å². The smallest absolute Gasteiger partial charge is 0.189 e. The van der Waals surface area contributed by atoms with E-state index in [1.807, 2.05) is 61.5 Å². The molecular formula is C18H16O2. The van der Waals surface area contributed by atoms with Gasteiger partial charge in [0.15, 0.2) is 5.78 Å². The first-order valence-electron chi connectivity index (χ1n) is 6.84. The van der Waals surface area contributed by atoms with Crippen molar-refractivity contribution >= 4 is 11.9 Å². The van der Waals surface area contributed by atoms with Gasteiger partial charge in [-0.05, 0) is 36.3 Å². The van der Waals surface area contributed by atoms with Crippen molar-refractivity contribution in [3.8, 4) is 5.75 Å². The number of carbonyl (C=O) groups excluding carboxylic acids is 1. The predicted octanol–water partition coefficient (Wildman–Crippen LogP) is 3.91. The summed E-state index contributed by atoms with van der Waals surface area (Å²) in [6, 6.07) is 15.6. The molecule has 0 amide bonds. The Morgan fingerprint density at radius 1 is 1.15 bits per heavy atom. The first-order chi connectivity index (χ1) is 9.78. The Hall–Kier alpha value is -2.35. The van der Waals surface area contributed by atoms with Gasteiger partial charge < -0.3 is 4.74 Å². The number of benzene rings is 2. The van der Waals surface area contributed by atoms with Gasteiger partial charge in [0.25, 0.3) is 0 Å². The van der Waals surface area contributed by atoms with Crippen molar-refractivity contribution in [1.82, 2.24) is 0 Å². The molecule has 0 bridgehead atoms. The van der Waals surface area contributed by atoms with Gasteiger partial charge in [-0.3, -0.25) is 4.79 Å². The van der Waals surface area contributed by atoms with Gasteiger partial charge in [-0.1, -0.05) is 36.4 Å². The molecule has 100 valence electrons. The second kappa shape index (κ2) is 5.33. The van der Waals surface area contributed by atoms with Crippen molar-refractivity contribution in [2.75, 3.05) is 6.61 Å². The minimum Gasteiger partial charge on any atom is -0.494 e. The molecule has 0 aromatic heterocycles. The van der Waals surface area contributed by atoms with E-state index < -0.39 is 0 Å². The van der Waals surface area contributed by atoms with E-state index >= 15 is 0 Å². The van der Waals surface area contributed by atoms with Crippen LogP contribution >= 0.6 is 0 Å². The molecule has 1 aliphatic carbocycles. The Balaban J connectivity index is 1.91. The van der Waals surface area contributed by atoms with Crippen molar-refractivity contribution in [3.05, 3.63) is 70.8 Å². The average molecular weight is 264 g/mol. The zero-order valence-corrected chi connectivity index (χ0v) is 11.4. The molecule has 0 saturated heterocycles. The van der Waals surface area contributed by atoms with Gasteiger partial charge in [-0.15, -0.1) is 0 Å². The summed E-state index contributed by atoms with van der Waals surface area (Å²) in [6.45, 7) is 2.60. The molecule has 0 saturated carbocycles. The van der Waals surface area contributed by atoms with Gasteiger partial charge in [-0.2, -0.15) is 0 Å². The summed E-state index contributed by atoms with van der Waals surface area (Å²) in [5, 5.41) is 0. The third-order valence-electron chi connectivity index (χ3n) is 3.44. The zero-order valence-electron chi connectivity index (χ0n) is 11.4. The minimum atomic E-state index is 0.141. The SMILES string of the molecule is CCOc1cccc(/C=C2\Cc3ccccc3C2=O)c1. The summed E-state index contributed by atoms with van der Waals surface area (Å²) in [7, 11) is 0. The maximum atomic E-state index is 12.3. The molecule has 1 aliphatic rings. The maximum absolute atomic E-state index is 12.3. The molecule has 0 N–H and O–H groups in total. The van der Waals surface area contributed by atoms with E-state index in [1.165, 1.54) is 0 Å². The Kier molecular flexibility index (Phi) is 3.38. The van der Waals surface area contributed by atoms with Gasteiger partial charge >= 0.3 is 0 Å². The molecule has 0 unspecified atom stereocenters. The summed E-state index contributed by atoms with van der Waals surface area (Å²) in [5.41, 5.74) is 3.80. The molecular weight excluding hydrogens is 248 g/mol. The molecule has 0 aliphatic heterocycles. The second-order valence-electron chi connectivity index (χ2n) is 4.84. The summed E-state index contributed by atoms with van der Waals surface area (Å²) >= 11 is 0. The van der Waals surface area contributed by atoms with Crippen LogP contribution in [-0.4, -0.2) is 12.4 Å². The second-order valence-corrected chi connectivity index (χ2v) is 4.84. The van der Waals surface area contributed by atoms with Gasteiger partial charge in [0.2, 0.25) is 0 Å². The largest absolute Gasteiger partial charge is 0.494 e. The lowest BCUT2D eigenvalue weighted by Crippen LogP contribution is -1.95. The van der Waals surface area contributed by atoms with Gasteiger partial charge in [0, 0.05) is 17.6 Å². The summed E-state index contributed by atoms with van der Waals surface area (Å²) < 4.78 is 5.49. The van der Waals surface area contributed by atoms with Crippen molar-refractivity contribution in [3.63, 3.8) is 0 Å². The van der Waals surface area contributed by atoms with E-state index in [9.17, 15) is 4.79 Å².